The second-order valence-electron chi connectivity index (χ2n) is 6.48. The summed E-state index contributed by atoms with van der Waals surface area (Å²) in [6, 6.07) is 5.20. The Morgan fingerprint density at radius 3 is 2.74 bits per heavy atom. The smallest absolute Gasteiger partial charge is 0.184 e. The number of aromatic nitrogens is 4. The van der Waals surface area contributed by atoms with Crippen molar-refractivity contribution in [3.05, 3.63) is 53.7 Å². The van der Waals surface area contributed by atoms with Crippen LogP contribution in [-0.4, -0.2) is 30.8 Å². The third-order valence-electron chi connectivity index (χ3n) is 3.56. The number of Topliss-reactive ketones (excluding diaryl/α,β-unsaturated/α-hetero) is 1. The first-order valence-corrected chi connectivity index (χ1v) is 7.35. The van der Waals surface area contributed by atoms with Gasteiger partial charge in [-0.2, -0.15) is 0 Å². The Kier molecular flexibility index (Phi) is 3.69. The van der Waals surface area contributed by atoms with E-state index >= 15 is 0 Å². The van der Waals surface area contributed by atoms with E-state index < -0.39 is 11.5 Å². The number of nitrogens with zero attached hydrogens (tertiary/aromatic N) is 3. The largest absolute Gasteiger partial charge is 0.382 e. The van der Waals surface area contributed by atoms with E-state index in [1.807, 2.05) is 20.8 Å². The van der Waals surface area contributed by atoms with E-state index in [-0.39, 0.29) is 5.78 Å². The second-order valence-corrected chi connectivity index (χ2v) is 6.48. The number of aliphatic hydroxyl groups excluding tert-OH is 1. The molecule has 1 atom stereocenters. The third kappa shape index (κ3) is 2.98. The van der Waals surface area contributed by atoms with E-state index in [9.17, 15) is 9.90 Å². The van der Waals surface area contributed by atoms with Gasteiger partial charge < -0.3 is 10.1 Å². The van der Waals surface area contributed by atoms with Gasteiger partial charge in [0, 0.05) is 23.4 Å². The lowest BCUT2D eigenvalue weighted by atomic mass is 9.89. The number of fused-ring (bicyclic) bond motifs is 1. The summed E-state index contributed by atoms with van der Waals surface area (Å²) in [4.78, 5) is 28.0. The molecule has 0 saturated carbocycles. The molecular formula is C17H18N4O2. The van der Waals surface area contributed by atoms with Crippen LogP contribution in [0.1, 0.15) is 48.6 Å². The van der Waals surface area contributed by atoms with Crippen molar-refractivity contribution in [1.29, 1.82) is 0 Å². The average molecular weight is 310 g/mol. The Balaban J connectivity index is 1.98. The zero-order valence-electron chi connectivity index (χ0n) is 13.2. The van der Waals surface area contributed by atoms with Gasteiger partial charge in [0.1, 0.15) is 11.6 Å². The number of nitrogens with one attached hydrogen (secondary N) is 1. The number of carbonyl (C=O) groups excluding carboxylic acids is 1. The molecule has 0 saturated heterocycles. The van der Waals surface area contributed by atoms with Gasteiger partial charge in [-0.05, 0) is 12.1 Å². The summed E-state index contributed by atoms with van der Waals surface area (Å²) >= 11 is 0. The van der Waals surface area contributed by atoms with E-state index in [0.29, 0.717) is 28.1 Å². The molecular weight excluding hydrogens is 292 g/mol. The van der Waals surface area contributed by atoms with Gasteiger partial charge in [-0.25, -0.2) is 9.97 Å². The van der Waals surface area contributed by atoms with Crippen molar-refractivity contribution in [3.63, 3.8) is 0 Å². The lowest BCUT2D eigenvalue weighted by molar-refractivity contribution is 0.0854. The van der Waals surface area contributed by atoms with Crippen LogP contribution in [0.15, 0.2) is 36.8 Å². The molecule has 2 N–H and O–H groups in total. The van der Waals surface area contributed by atoms with Crippen LogP contribution < -0.4 is 0 Å². The van der Waals surface area contributed by atoms with Gasteiger partial charge in [-0.15, -0.1) is 0 Å². The Morgan fingerprint density at radius 1 is 1.30 bits per heavy atom. The fourth-order valence-corrected chi connectivity index (χ4v) is 2.28. The van der Waals surface area contributed by atoms with Crippen molar-refractivity contribution in [2.24, 2.45) is 5.41 Å². The molecule has 0 aliphatic heterocycles. The topological polar surface area (TPSA) is 91.8 Å². The molecule has 6 nitrogen and oxygen atoms in total. The number of aromatic amines is 1. The number of aliphatic hydroxyl groups is 1. The molecule has 118 valence electrons. The molecule has 3 aromatic heterocycles. The maximum absolute atomic E-state index is 12.3. The average Bonchev–Trinajstić information content (AvgIpc) is 2.96. The predicted molar refractivity (Wildman–Crippen MR) is 86.0 cm³/mol. The number of H-pyrrole nitrogens is 1. The van der Waals surface area contributed by atoms with Crippen molar-refractivity contribution in [1.82, 2.24) is 19.9 Å². The lowest BCUT2D eigenvalue weighted by Crippen LogP contribution is -2.20. The molecule has 0 fully saturated rings. The molecule has 3 aromatic rings. The van der Waals surface area contributed by atoms with Crippen molar-refractivity contribution in [3.8, 4) is 0 Å². The number of hydrogen-bond donors (Lipinski definition) is 2. The summed E-state index contributed by atoms with van der Waals surface area (Å²) in [6.45, 7) is 5.58. The summed E-state index contributed by atoms with van der Waals surface area (Å²) in [5.74, 6) is -0.00772. The molecule has 0 spiro atoms. The van der Waals surface area contributed by atoms with Gasteiger partial charge >= 0.3 is 0 Å². The highest BCUT2D eigenvalue weighted by molar-refractivity contribution is 6.01. The maximum atomic E-state index is 12.3. The molecule has 0 bridgehead atoms. The van der Waals surface area contributed by atoms with E-state index in [2.05, 4.69) is 19.9 Å². The number of hydrogen-bond acceptors (Lipinski definition) is 5. The van der Waals surface area contributed by atoms with Crippen LogP contribution in [-0.2, 0) is 0 Å². The fraction of sp³-hybridized carbons (Fsp3) is 0.294. The zero-order chi connectivity index (χ0) is 16.6. The van der Waals surface area contributed by atoms with Gasteiger partial charge in [0.15, 0.2) is 11.4 Å². The molecule has 6 heteroatoms. The van der Waals surface area contributed by atoms with Crippen LogP contribution in [0, 0.1) is 5.41 Å². The Morgan fingerprint density at radius 2 is 2.09 bits per heavy atom. The second kappa shape index (κ2) is 5.55. The minimum absolute atomic E-state index is 0.00772. The van der Waals surface area contributed by atoms with Gasteiger partial charge in [0.2, 0.25) is 0 Å². The van der Waals surface area contributed by atoms with Crippen molar-refractivity contribution in [2.45, 2.75) is 26.9 Å². The molecule has 0 amide bonds. The van der Waals surface area contributed by atoms with Gasteiger partial charge in [-0.3, -0.25) is 9.78 Å². The van der Waals surface area contributed by atoms with Crippen LogP contribution in [0.25, 0.3) is 11.2 Å². The number of carbonyl (C=O) groups is 1. The summed E-state index contributed by atoms with van der Waals surface area (Å²) < 4.78 is 0. The third-order valence-corrected chi connectivity index (χ3v) is 3.56. The van der Waals surface area contributed by atoms with Crippen molar-refractivity contribution in [2.75, 3.05) is 0 Å². The standard InChI is InChI=1S/C17H18N4O2/c1-17(2,3)15(23)11-7-12-16(21-11)19-9-13(20-12)14(22)10-5-4-6-18-8-10/h4-9,14,22H,1-3H3,(H,19,21). The van der Waals surface area contributed by atoms with Crippen LogP contribution in [0.4, 0.5) is 0 Å². The number of rotatable bonds is 3. The van der Waals surface area contributed by atoms with Crippen LogP contribution in [0.5, 0.6) is 0 Å². The van der Waals surface area contributed by atoms with E-state index in [1.54, 1.807) is 30.6 Å². The lowest BCUT2D eigenvalue weighted by Gasteiger charge is -2.14. The van der Waals surface area contributed by atoms with Gasteiger partial charge in [0.25, 0.3) is 0 Å². The maximum Gasteiger partial charge on any atom is 0.184 e. The summed E-state index contributed by atoms with van der Waals surface area (Å²) in [5, 5.41) is 10.4. The summed E-state index contributed by atoms with van der Waals surface area (Å²) in [5.41, 5.74) is 2.12. The molecule has 3 heterocycles. The predicted octanol–water partition coefficient (Wildman–Crippen LogP) is 2.66. The van der Waals surface area contributed by atoms with E-state index in [1.165, 1.54) is 6.20 Å². The summed E-state index contributed by atoms with van der Waals surface area (Å²) in [6.07, 6.45) is 3.82. The van der Waals surface area contributed by atoms with Gasteiger partial charge in [0.05, 0.1) is 17.6 Å². The molecule has 3 rings (SSSR count). The monoisotopic (exact) mass is 310 g/mol. The van der Waals surface area contributed by atoms with Crippen LogP contribution >= 0.6 is 0 Å². The van der Waals surface area contributed by atoms with E-state index in [4.69, 9.17) is 0 Å². The molecule has 0 aromatic carbocycles. The van der Waals surface area contributed by atoms with Crippen molar-refractivity contribution >= 4 is 16.9 Å². The quantitative estimate of drug-likeness (QED) is 0.726. The highest BCUT2D eigenvalue weighted by Crippen LogP contribution is 2.24. The molecule has 0 aliphatic carbocycles. The Labute approximate surface area is 133 Å². The highest BCUT2D eigenvalue weighted by atomic mass is 16.3. The SMILES string of the molecule is CC(C)(C)C(=O)c1cc2nc(C(O)c3cccnc3)cnc2[nH]1. The van der Waals surface area contributed by atoms with Gasteiger partial charge in [-0.1, -0.05) is 26.8 Å². The molecule has 23 heavy (non-hydrogen) atoms. The summed E-state index contributed by atoms with van der Waals surface area (Å²) in [7, 11) is 0. The van der Waals surface area contributed by atoms with Crippen molar-refractivity contribution < 1.29 is 9.90 Å². The molecule has 0 radical (unpaired) electrons. The van der Waals surface area contributed by atoms with Crippen LogP contribution in [0.2, 0.25) is 0 Å². The minimum Gasteiger partial charge on any atom is -0.382 e. The number of ketones is 1. The Hall–Kier alpha value is -2.60. The molecule has 1 unspecified atom stereocenters. The van der Waals surface area contributed by atoms with E-state index in [0.717, 1.165) is 0 Å². The first-order chi connectivity index (χ1) is 10.9. The normalized spacial score (nSPS) is 13.2. The Bertz CT molecular complexity index is 850. The highest BCUT2D eigenvalue weighted by Gasteiger charge is 2.25. The zero-order valence-corrected chi connectivity index (χ0v) is 13.2. The van der Waals surface area contributed by atoms with Crippen LogP contribution in [0.3, 0.4) is 0 Å². The molecule has 0 aliphatic rings. The minimum atomic E-state index is -0.905. The first kappa shape index (κ1) is 15.3. The number of pyridine rings is 1. The first-order valence-electron chi connectivity index (χ1n) is 7.35. The fourth-order valence-electron chi connectivity index (χ4n) is 2.28.